The molecule has 0 aliphatic heterocycles. The van der Waals surface area contributed by atoms with Crippen molar-refractivity contribution < 1.29 is 4.42 Å². The summed E-state index contributed by atoms with van der Waals surface area (Å²) < 4.78 is 5.35. The molecule has 0 radical (unpaired) electrons. The van der Waals surface area contributed by atoms with Crippen LogP contribution in [0.5, 0.6) is 0 Å². The van der Waals surface area contributed by atoms with Gasteiger partial charge in [0.15, 0.2) is 0 Å². The summed E-state index contributed by atoms with van der Waals surface area (Å²) in [5.74, 6) is 1.87. The quantitative estimate of drug-likeness (QED) is 0.856. The SMILES string of the molecule is CCN(Cc1ccco1)c1cccc(CN)n1. The molecule has 0 fully saturated rings. The normalized spacial score (nSPS) is 10.5. The van der Waals surface area contributed by atoms with E-state index < -0.39 is 0 Å². The van der Waals surface area contributed by atoms with E-state index in [2.05, 4.69) is 16.8 Å². The summed E-state index contributed by atoms with van der Waals surface area (Å²) in [7, 11) is 0. The van der Waals surface area contributed by atoms with E-state index in [0.717, 1.165) is 30.4 Å². The van der Waals surface area contributed by atoms with E-state index in [1.54, 1.807) is 6.26 Å². The van der Waals surface area contributed by atoms with Crippen LogP contribution < -0.4 is 10.6 Å². The minimum Gasteiger partial charge on any atom is -0.467 e. The van der Waals surface area contributed by atoms with Gasteiger partial charge in [-0.15, -0.1) is 0 Å². The van der Waals surface area contributed by atoms with Crippen LogP contribution in [0.15, 0.2) is 41.0 Å². The molecule has 2 heterocycles. The Bertz CT molecular complexity index is 453. The number of nitrogens with two attached hydrogens (primary N) is 1. The van der Waals surface area contributed by atoms with Gasteiger partial charge in [0, 0.05) is 13.1 Å². The maximum Gasteiger partial charge on any atom is 0.129 e. The fourth-order valence-electron chi connectivity index (χ4n) is 1.70. The van der Waals surface area contributed by atoms with Crippen LogP contribution in [0, 0.1) is 0 Å². The van der Waals surface area contributed by atoms with E-state index in [4.69, 9.17) is 10.2 Å². The molecule has 0 aliphatic carbocycles. The van der Waals surface area contributed by atoms with Crippen molar-refractivity contribution in [3.05, 3.63) is 48.0 Å². The Morgan fingerprint density at radius 3 is 2.82 bits per heavy atom. The van der Waals surface area contributed by atoms with Crippen LogP contribution in [0.3, 0.4) is 0 Å². The highest BCUT2D eigenvalue weighted by Gasteiger charge is 2.08. The van der Waals surface area contributed by atoms with Gasteiger partial charge in [-0.05, 0) is 31.2 Å². The van der Waals surface area contributed by atoms with Gasteiger partial charge in [0.05, 0.1) is 18.5 Å². The Morgan fingerprint density at radius 2 is 2.18 bits per heavy atom. The number of furan rings is 1. The summed E-state index contributed by atoms with van der Waals surface area (Å²) >= 11 is 0. The molecule has 0 aromatic carbocycles. The summed E-state index contributed by atoms with van der Waals surface area (Å²) in [4.78, 5) is 6.65. The number of nitrogens with zero attached hydrogens (tertiary/aromatic N) is 2. The zero-order chi connectivity index (χ0) is 12.1. The van der Waals surface area contributed by atoms with Gasteiger partial charge in [0.2, 0.25) is 0 Å². The second kappa shape index (κ2) is 5.50. The molecule has 0 amide bonds. The van der Waals surface area contributed by atoms with Crippen molar-refractivity contribution in [3.8, 4) is 0 Å². The molecule has 0 bridgehead atoms. The van der Waals surface area contributed by atoms with E-state index in [1.165, 1.54) is 0 Å². The van der Waals surface area contributed by atoms with Gasteiger partial charge in [-0.25, -0.2) is 4.98 Å². The molecule has 17 heavy (non-hydrogen) atoms. The number of anilines is 1. The standard InChI is InChI=1S/C13H17N3O/c1-2-16(10-12-6-4-8-17-12)13-7-3-5-11(9-14)15-13/h3-8H,2,9-10,14H2,1H3. The molecule has 90 valence electrons. The van der Waals surface area contributed by atoms with Gasteiger partial charge < -0.3 is 15.1 Å². The molecular formula is C13H17N3O. The lowest BCUT2D eigenvalue weighted by molar-refractivity contribution is 0.503. The van der Waals surface area contributed by atoms with Crippen LogP contribution in [-0.2, 0) is 13.1 Å². The first-order valence-corrected chi connectivity index (χ1v) is 5.76. The molecule has 2 aromatic rings. The number of pyridine rings is 1. The highest BCUT2D eigenvalue weighted by Crippen LogP contribution is 2.15. The Morgan fingerprint density at radius 1 is 1.29 bits per heavy atom. The predicted molar refractivity (Wildman–Crippen MR) is 67.6 cm³/mol. The van der Waals surface area contributed by atoms with Crippen molar-refractivity contribution in [2.45, 2.75) is 20.0 Å². The van der Waals surface area contributed by atoms with Crippen LogP contribution in [0.1, 0.15) is 18.4 Å². The lowest BCUT2D eigenvalue weighted by Gasteiger charge is -2.21. The van der Waals surface area contributed by atoms with E-state index in [-0.39, 0.29) is 0 Å². The zero-order valence-electron chi connectivity index (χ0n) is 9.97. The van der Waals surface area contributed by atoms with Crippen molar-refractivity contribution in [2.24, 2.45) is 5.73 Å². The average molecular weight is 231 g/mol. The summed E-state index contributed by atoms with van der Waals surface area (Å²) in [6, 6.07) is 9.77. The highest BCUT2D eigenvalue weighted by molar-refractivity contribution is 5.39. The molecule has 0 spiro atoms. The Hall–Kier alpha value is -1.81. The van der Waals surface area contributed by atoms with E-state index >= 15 is 0 Å². The van der Waals surface area contributed by atoms with Gasteiger partial charge in [0.1, 0.15) is 11.6 Å². The first kappa shape index (κ1) is 11.7. The number of aromatic nitrogens is 1. The molecule has 0 unspecified atom stereocenters. The molecule has 0 aliphatic rings. The minimum absolute atomic E-state index is 0.464. The number of rotatable bonds is 5. The summed E-state index contributed by atoms with van der Waals surface area (Å²) in [5, 5.41) is 0. The topological polar surface area (TPSA) is 55.3 Å². The maximum absolute atomic E-state index is 5.60. The van der Waals surface area contributed by atoms with Gasteiger partial charge in [-0.1, -0.05) is 6.07 Å². The molecule has 0 atom stereocenters. The molecule has 0 saturated heterocycles. The average Bonchev–Trinajstić information content (AvgIpc) is 2.89. The molecule has 4 heteroatoms. The monoisotopic (exact) mass is 231 g/mol. The number of hydrogen-bond acceptors (Lipinski definition) is 4. The van der Waals surface area contributed by atoms with E-state index in [0.29, 0.717) is 6.54 Å². The van der Waals surface area contributed by atoms with Crippen LogP contribution in [0.4, 0.5) is 5.82 Å². The Kier molecular flexibility index (Phi) is 3.77. The first-order valence-electron chi connectivity index (χ1n) is 5.76. The van der Waals surface area contributed by atoms with Crippen molar-refractivity contribution >= 4 is 5.82 Å². The third-order valence-corrected chi connectivity index (χ3v) is 2.63. The van der Waals surface area contributed by atoms with Gasteiger partial charge in [-0.2, -0.15) is 0 Å². The van der Waals surface area contributed by atoms with Crippen molar-refractivity contribution in [1.29, 1.82) is 0 Å². The second-order valence-corrected chi connectivity index (χ2v) is 3.78. The smallest absolute Gasteiger partial charge is 0.129 e. The van der Waals surface area contributed by atoms with Crippen molar-refractivity contribution in [2.75, 3.05) is 11.4 Å². The van der Waals surface area contributed by atoms with Gasteiger partial charge in [-0.3, -0.25) is 0 Å². The van der Waals surface area contributed by atoms with E-state index in [1.807, 2.05) is 30.3 Å². The molecule has 2 aromatic heterocycles. The van der Waals surface area contributed by atoms with Crippen molar-refractivity contribution in [1.82, 2.24) is 4.98 Å². The molecule has 4 nitrogen and oxygen atoms in total. The fourth-order valence-corrected chi connectivity index (χ4v) is 1.70. The first-order chi connectivity index (χ1) is 8.33. The summed E-state index contributed by atoms with van der Waals surface area (Å²) in [5.41, 5.74) is 6.50. The van der Waals surface area contributed by atoms with Crippen molar-refractivity contribution in [3.63, 3.8) is 0 Å². The Labute approximate surface area is 101 Å². The summed E-state index contributed by atoms with van der Waals surface area (Å²) in [6.45, 7) is 4.16. The molecular weight excluding hydrogens is 214 g/mol. The van der Waals surface area contributed by atoms with E-state index in [9.17, 15) is 0 Å². The highest BCUT2D eigenvalue weighted by atomic mass is 16.3. The number of hydrogen-bond donors (Lipinski definition) is 1. The third kappa shape index (κ3) is 2.85. The maximum atomic E-state index is 5.60. The Balaban J connectivity index is 2.16. The van der Waals surface area contributed by atoms with Crippen LogP contribution in [0.2, 0.25) is 0 Å². The molecule has 2 N–H and O–H groups in total. The molecule has 2 rings (SSSR count). The fraction of sp³-hybridized carbons (Fsp3) is 0.308. The largest absolute Gasteiger partial charge is 0.467 e. The summed E-state index contributed by atoms with van der Waals surface area (Å²) in [6.07, 6.45) is 1.69. The lowest BCUT2D eigenvalue weighted by atomic mass is 10.3. The zero-order valence-corrected chi connectivity index (χ0v) is 9.97. The van der Waals surface area contributed by atoms with Gasteiger partial charge >= 0.3 is 0 Å². The second-order valence-electron chi connectivity index (χ2n) is 3.78. The van der Waals surface area contributed by atoms with Crippen LogP contribution in [-0.4, -0.2) is 11.5 Å². The lowest BCUT2D eigenvalue weighted by Crippen LogP contribution is -2.23. The minimum atomic E-state index is 0.464. The van der Waals surface area contributed by atoms with Gasteiger partial charge in [0.25, 0.3) is 0 Å². The predicted octanol–water partition coefficient (Wildman–Crippen LogP) is 2.16. The third-order valence-electron chi connectivity index (χ3n) is 2.63. The van der Waals surface area contributed by atoms with Crippen LogP contribution >= 0.6 is 0 Å². The van der Waals surface area contributed by atoms with Crippen LogP contribution in [0.25, 0.3) is 0 Å². The molecule has 0 saturated carbocycles.